The molecule has 0 aromatic heterocycles. The second-order valence-corrected chi connectivity index (χ2v) is 18.6. The van der Waals surface area contributed by atoms with E-state index in [9.17, 15) is 0 Å². The third kappa shape index (κ3) is 28.6. The van der Waals surface area contributed by atoms with Crippen molar-refractivity contribution in [1.29, 1.82) is 0 Å². The summed E-state index contributed by atoms with van der Waals surface area (Å²) < 4.78 is -1.99. The summed E-state index contributed by atoms with van der Waals surface area (Å²) in [7, 11) is 0. The van der Waals surface area contributed by atoms with Gasteiger partial charge in [-0.1, -0.05) is 0 Å². The molecule has 5 heteroatoms. The Hall–Kier alpha value is 1.58. The standard InChI is InChI=1S/HOPS2.Zn/c1-2(3)4;/h(H-,1,3,4);/q;-1/p+1. The summed E-state index contributed by atoms with van der Waals surface area (Å²) in [6.07, 6.45) is 0. The molecule has 1 N–H and O–H groups in total. The molecular formula is H2OPS2Zn. The molecule has 27 valence electrons. The molecule has 0 aliphatic carbocycles. The van der Waals surface area contributed by atoms with E-state index in [-0.39, 0.29) is 0 Å². The Morgan fingerprint density at radius 1 is 2.00 bits per heavy atom. The van der Waals surface area contributed by atoms with Crippen LogP contribution in [0.25, 0.3) is 0 Å². The van der Waals surface area contributed by atoms with Gasteiger partial charge in [-0.3, -0.25) is 0 Å². The number of rotatable bonds is 0. The molecule has 0 saturated heterocycles. The second-order valence-electron chi connectivity index (χ2n) is 0.665. The number of hydrogen-bond donors (Lipinski definition) is 2. The Morgan fingerprint density at radius 2 is 2.00 bits per heavy atom. The van der Waals surface area contributed by atoms with E-state index in [4.69, 9.17) is 4.89 Å². The van der Waals surface area contributed by atoms with Gasteiger partial charge in [0.25, 0.3) is 0 Å². The first-order chi connectivity index (χ1) is 2.00. The van der Waals surface area contributed by atoms with Gasteiger partial charge in [-0.25, -0.2) is 0 Å². The van der Waals surface area contributed by atoms with Gasteiger partial charge in [-0.2, -0.15) is 0 Å². The Labute approximate surface area is 50.6 Å². The van der Waals surface area contributed by atoms with Crippen LogP contribution >= 0.6 is 16.0 Å². The Kier molecular flexibility index (Phi) is 2.69. The quantitative estimate of drug-likeness (QED) is 0.323. The van der Waals surface area contributed by atoms with Gasteiger partial charge in [0, 0.05) is 0 Å². The van der Waals surface area contributed by atoms with Gasteiger partial charge in [0.1, 0.15) is 0 Å². The molecule has 0 bridgehead atoms. The van der Waals surface area contributed by atoms with E-state index in [1.807, 2.05) is 0 Å². The predicted octanol–water partition coefficient (Wildman–Crippen LogP) is 0.680. The van der Waals surface area contributed by atoms with E-state index < -0.39 is 3.80 Å². The summed E-state index contributed by atoms with van der Waals surface area (Å²) in [5.74, 6) is 0. The van der Waals surface area contributed by atoms with E-state index >= 15 is 0 Å². The molecule has 0 radical (unpaired) electrons. The van der Waals surface area contributed by atoms with Crippen molar-refractivity contribution in [2.45, 2.75) is 0 Å². The summed E-state index contributed by atoms with van der Waals surface area (Å²) in [6, 6.07) is 0. The molecule has 5 heavy (non-hydrogen) atoms. The third-order valence-electron chi connectivity index (χ3n) is 0. The van der Waals surface area contributed by atoms with Gasteiger partial charge in [-0.15, -0.1) is 0 Å². The minimum absolute atomic E-state index is 0.742. The SMILES string of the molecule is O[P](=S)(S)[Zn]. The van der Waals surface area contributed by atoms with Crippen molar-refractivity contribution in [3.05, 3.63) is 0 Å². The molecule has 0 fully saturated rings. The summed E-state index contributed by atoms with van der Waals surface area (Å²) >= 11 is 8.81. The summed E-state index contributed by atoms with van der Waals surface area (Å²) in [5, 5.41) is 0. The molecule has 0 aliphatic heterocycles. The molecule has 1 atom stereocenters. The number of hydrogen-bond acceptors (Lipinski definition) is 1. The van der Waals surface area contributed by atoms with Crippen LogP contribution in [0.1, 0.15) is 0 Å². The first kappa shape index (κ1) is 6.58. The van der Waals surface area contributed by atoms with E-state index in [1.165, 1.54) is 0 Å². The molecule has 0 spiro atoms. The summed E-state index contributed by atoms with van der Waals surface area (Å²) in [5.41, 5.74) is 0. The van der Waals surface area contributed by atoms with Crippen LogP contribution < -0.4 is 0 Å². The molecule has 0 saturated carbocycles. The maximum absolute atomic E-state index is 8.37. The van der Waals surface area contributed by atoms with Crippen molar-refractivity contribution >= 4 is 27.9 Å². The van der Waals surface area contributed by atoms with E-state index in [2.05, 4.69) is 24.1 Å². The second kappa shape index (κ2) is 2.04. The molecule has 1 nitrogen and oxygen atoms in total. The van der Waals surface area contributed by atoms with Gasteiger partial charge in [-0.05, 0) is 0 Å². The van der Waals surface area contributed by atoms with Crippen LogP contribution in [0.15, 0.2) is 0 Å². The van der Waals surface area contributed by atoms with Crippen LogP contribution in [-0.2, 0) is 29.6 Å². The fourth-order valence-electron chi connectivity index (χ4n) is 0. The first-order valence-corrected chi connectivity index (χ1v) is 8.97. The molecule has 1 unspecified atom stereocenters. The van der Waals surface area contributed by atoms with Crippen LogP contribution in [0.4, 0.5) is 0 Å². The molecule has 0 aliphatic rings. The van der Waals surface area contributed by atoms with Crippen LogP contribution in [0.2, 0.25) is 0 Å². The molecule has 0 aromatic rings. The maximum atomic E-state index is 8.37. The van der Waals surface area contributed by atoms with Crippen LogP contribution in [-0.4, -0.2) is 4.89 Å². The predicted molar refractivity (Wildman–Crippen MR) is 25.5 cm³/mol. The normalized spacial score (nSPS) is 21.6. The van der Waals surface area contributed by atoms with Crippen LogP contribution in [0.3, 0.4) is 0 Å². The Morgan fingerprint density at radius 3 is 2.00 bits per heavy atom. The molecule has 0 amide bonds. The van der Waals surface area contributed by atoms with E-state index in [0.717, 1.165) is 17.8 Å². The third-order valence-corrected chi connectivity index (χ3v) is 0. The zero-order chi connectivity index (χ0) is 4.50. The monoisotopic (exact) mass is 177 g/mol. The van der Waals surface area contributed by atoms with Crippen molar-refractivity contribution in [2.24, 2.45) is 0 Å². The van der Waals surface area contributed by atoms with Gasteiger partial charge in [0.2, 0.25) is 0 Å². The van der Waals surface area contributed by atoms with Crippen LogP contribution in [0.5, 0.6) is 0 Å². The fraction of sp³-hybridized carbons (Fsp3) is 0. The van der Waals surface area contributed by atoms with Gasteiger partial charge < -0.3 is 0 Å². The molecule has 0 aromatic carbocycles. The number of thiol groups is 1. The zero-order valence-electron chi connectivity index (χ0n) is 2.46. The van der Waals surface area contributed by atoms with Crippen molar-refractivity contribution in [3.63, 3.8) is 0 Å². The average Bonchev–Trinajstić information content (AvgIpc) is 0.722. The van der Waals surface area contributed by atoms with Gasteiger partial charge >= 0.3 is 50.6 Å². The van der Waals surface area contributed by atoms with Crippen molar-refractivity contribution in [1.82, 2.24) is 0 Å². The Balaban J connectivity index is 3.47. The Bertz CT molecular complexity index is 55.8. The van der Waals surface area contributed by atoms with Crippen molar-refractivity contribution in [2.75, 3.05) is 0 Å². The minimum atomic E-state index is -1.99. The molecule has 0 heterocycles. The van der Waals surface area contributed by atoms with E-state index in [0.29, 0.717) is 0 Å². The first-order valence-electron chi connectivity index (χ1n) is 0.899. The van der Waals surface area contributed by atoms with Gasteiger partial charge in [0.15, 0.2) is 0 Å². The van der Waals surface area contributed by atoms with Gasteiger partial charge in [0.05, 0.1) is 0 Å². The summed E-state index contributed by atoms with van der Waals surface area (Å²) in [6.45, 7) is 0. The topological polar surface area (TPSA) is 20.2 Å². The van der Waals surface area contributed by atoms with E-state index in [1.54, 1.807) is 0 Å². The summed E-state index contributed by atoms with van der Waals surface area (Å²) in [4.78, 5) is 8.37. The average molecular weight is 179 g/mol. The van der Waals surface area contributed by atoms with Crippen molar-refractivity contribution in [3.8, 4) is 0 Å². The van der Waals surface area contributed by atoms with Crippen molar-refractivity contribution < 1.29 is 22.7 Å². The molecular weight excluding hydrogens is 176 g/mol. The van der Waals surface area contributed by atoms with Crippen LogP contribution in [0, 0.1) is 0 Å². The zero-order valence-corrected chi connectivity index (χ0v) is 8.03. The molecule has 0 rings (SSSR count). The fourth-order valence-corrected chi connectivity index (χ4v) is 0.